The van der Waals surface area contributed by atoms with Crippen LogP contribution in [0.1, 0.15) is 46.5 Å². The monoisotopic (exact) mass is 270 g/mol. The van der Waals surface area contributed by atoms with Gasteiger partial charge in [-0.05, 0) is 46.6 Å². The van der Waals surface area contributed by atoms with Gasteiger partial charge in [-0.1, -0.05) is 0 Å². The maximum absolute atomic E-state index is 12.5. The third-order valence-corrected chi connectivity index (χ3v) is 3.67. The Morgan fingerprint density at radius 1 is 1.42 bits per heavy atom. The second-order valence-electron chi connectivity index (χ2n) is 5.70. The molecule has 1 amide bonds. The molecule has 110 valence electrons. The number of piperidine rings is 1. The van der Waals surface area contributed by atoms with Crippen LogP contribution in [0.2, 0.25) is 0 Å². The Bertz CT molecular complexity index is 318. The van der Waals surface area contributed by atoms with Crippen molar-refractivity contribution in [2.45, 2.75) is 58.5 Å². The van der Waals surface area contributed by atoms with Crippen molar-refractivity contribution >= 4 is 11.9 Å². The van der Waals surface area contributed by atoms with Crippen molar-refractivity contribution in [3.63, 3.8) is 0 Å². The molecule has 0 spiro atoms. The highest BCUT2D eigenvalue weighted by Gasteiger charge is 2.29. The second kappa shape index (κ2) is 7.48. The number of nitrogens with zero attached hydrogens (tertiary/aromatic N) is 1. The summed E-state index contributed by atoms with van der Waals surface area (Å²) in [7, 11) is 0. The third kappa shape index (κ3) is 5.19. The van der Waals surface area contributed by atoms with Crippen molar-refractivity contribution in [1.82, 2.24) is 10.2 Å². The zero-order chi connectivity index (χ0) is 14.4. The van der Waals surface area contributed by atoms with Gasteiger partial charge < -0.3 is 15.3 Å². The fraction of sp³-hybridized carbons (Fsp3) is 0.857. The molecule has 0 aromatic rings. The predicted molar refractivity (Wildman–Crippen MR) is 73.9 cm³/mol. The van der Waals surface area contributed by atoms with Gasteiger partial charge in [0.25, 0.3) is 0 Å². The standard InChI is InChI=1S/C14H26N2O3/c1-10(2)16(8-4-5-13(17)18)14(19)12-6-7-15-11(3)9-12/h10-12,15H,4-9H2,1-3H3,(H,17,18). The molecule has 19 heavy (non-hydrogen) atoms. The summed E-state index contributed by atoms with van der Waals surface area (Å²) in [6.07, 6.45) is 2.41. The molecule has 1 saturated heterocycles. The Kier molecular flexibility index (Phi) is 6.28. The summed E-state index contributed by atoms with van der Waals surface area (Å²) in [6.45, 7) is 7.51. The minimum Gasteiger partial charge on any atom is -0.481 e. The summed E-state index contributed by atoms with van der Waals surface area (Å²) in [5.74, 6) is -0.524. The van der Waals surface area contributed by atoms with E-state index in [2.05, 4.69) is 12.2 Å². The summed E-state index contributed by atoms with van der Waals surface area (Å²) < 4.78 is 0. The van der Waals surface area contributed by atoms with E-state index in [1.807, 2.05) is 18.7 Å². The van der Waals surface area contributed by atoms with E-state index >= 15 is 0 Å². The van der Waals surface area contributed by atoms with Gasteiger partial charge in [-0.3, -0.25) is 9.59 Å². The molecule has 2 unspecified atom stereocenters. The number of hydrogen-bond donors (Lipinski definition) is 2. The first kappa shape index (κ1) is 16.0. The fourth-order valence-corrected chi connectivity index (χ4v) is 2.61. The lowest BCUT2D eigenvalue weighted by Crippen LogP contribution is -2.46. The van der Waals surface area contributed by atoms with Crippen LogP contribution in [0.15, 0.2) is 0 Å². The van der Waals surface area contributed by atoms with Crippen LogP contribution in [-0.4, -0.2) is 47.1 Å². The highest BCUT2D eigenvalue weighted by Crippen LogP contribution is 2.20. The van der Waals surface area contributed by atoms with Gasteiger partial charge in [0, 0.05) is 31.0 Å². The van der Waals surface area contributed by atoms with Crippen LogP contribution >= 0.6 is 0 Å². The smallest absolute Gasteiger partial charge is 0.303 e. The van der Waals surface area contributed by atoms with Crippen molar-refractivity contribution < 1.29 is 14.7 Å². The van der Waals surface area contributed by atoms with Crippen molar-refractivity contribution in [2.75, 3.05) is 13.1 Å². The average molecular weight is 270 g/mol. The van der Waals surface area contributed by atoms with Crippen molar-refractivity contribution in [2.24, 2.45) is 5.92 Å². The minimum atomic E-state index is -0.799. The molecule has 0 aromatic carbocycles. The van der Waals surface area contributed by atoms with E-state index in [1.165, 1.54) is 0 Å². The fourth-order valence-electron chi connectivity index (χ4n) is 2.61. The normalized spacial score (nSPS) is 23.4. The number of carboxylic acid groups (broad SMARTS) is 1. The maximum atomic E-state index is 12.5. The van der Waals surface area contributed by atoms with Crippen LogP contribution in [0, 0.1) is 5.92 Å². The third-order valence-electron chi connectivity index (χ3n) is 3.67. The Labute approximate surface area is 115 Å². The van der Waals surface area contributed by atoms with Crippen LogP contribution in [0.4, 0.5) is 0 Å². The first-order chi connectivity index (χ1) is 8.91. The van der Waals surface area contributed by atoms with Gasteiger partial charge in [0.2, 0.25) is 5.91 Å². The molecular weight excluding hydrogens is 244 g/mol. The summed E-state index contributed by atoms with van der Waals surface area (Å²) in [6, 6.07) is 0.516. The SMILES string of the molecule is CC1CC(C(=O)N(CCCC(=O)O)C(C)C)CCN1. The Balaban J connectivity index is 2.54. The van der Waals surface area contributed by atoms with Crippen LogP contribution in [-0.2, 0) is 9.59 Å². The number of rotatable bonds is 6. The lowest BCUT2D eigenvalue weighted by Gasteiger charge is -2.34. The highest BCUT2D eigenvalue weighted by atomic mass is 16.4. The molecule has 5 heteroatoms. The zero-order valence-corrected chi connectivity index (χ0v) is 12.2. The molecule has 0 radical (unpaired) electrons. The lowest BCUT2D eigenvalue weighted by molar-refractivity contribution is -0.140. The summed E-state index contributed by atoms with van der Waals surface area (Å²) >= 11 is 0. The topological polar surface area (TPSA) is 69.6 Å². The molecule has 1 aliphatic heterocycles. The average Bonchev–Trinajstić information content (AvgIpc) is 2.33. The maximum Gasteiger partial charge on any atom is 0.303 e. The number of amides is 1. The molecule has 1 fully saturated rings. The van der Waals surface area contributed by atoms with Gasteiger partial charge in [0.05, 0.1) is 0 Å². The number of aliphatic carboxylic acids is 1. The van der Waals surface area contributed by atoms with Crippen molar-refractivity contribution in [3.8, 4) is 0 Å². The molecule has 1 rings (SSSR count). The number of carbonyl (C=O) groups excluding carboxylic acids is 1. The second-order valence-corrected chi connectivity index (χ2v) is 5.70. The summed E-state index contributed by atoms with van der Waals surface area (Å²) in [5, 5.41) is 12.0. The first-order valence-electron chi connectivity index (χ1n) is 7.17. The van der Waals surface area contributed by atoms with Gasteiger partial charge in [-0.15, -0.1) is 0 Å². The van der Waals surface area contributed by atoms with Gasteiger partial charge >= 0.3 is 5.97 Å². The number of carbonyl (C=O) groups is 2. The molecule has 0 bridgehead atoms. The molecule has 2 N–H and O–H groups in total. The first-order valence-corrected chi connectivity index (χ1v) is 7.17. The molecule has 5 nitrogen and oxygen atoms in total. The van der Waals surface area contributed by atoms with E-state index in [0.29, 0.717) is 19.0 Å². The molecule has 1 aliphatic rings. The van der Waals surface area contributed by atoms with Crippen molar-refractivity contribution in [3.05, 3.63) is 0 Å². The number of hydrogen-bond acceptors (Lipinski definition) is 3. The van der Waals surface area contributed by atoms with Crippen LogP contribution < -0.4 is 5.32 Å². The molecule has 1 heterocycles. The van der Waals surface area contributed by atoms with E-state index in [1.54, 1.807) is 0 Å². The lowest BCUT2D eigenvalue weighted by atomic mass is 9.91. The van der Waals surface area contributed by atoms with Crippen molar-refractivity contribution in [1.29, 1.82) is 0 Å². The van der Waals surface area contributed by atoms with E-state index < -0.39 is 5.97 Å². The van der Waals surface area contributed by atoms with E-state index in [0.717, 1.165) is 19.4 Å². The Hall–Kier alpha value is -1.10. The van der Waals surface area contributed by atoms with E-state index in [4.69, 9.17) is 5.11 Å². The quantitative estimate of drug-likeness (QED) is 0.767. The molecule has 0 aromatic heterocycles. The Morgan fingerprint density at radius 2 is 2.11 bits per heavy atom. The highest BCUT2D eigenvalue weighted by molar-refractivity contribution is 5.79. The summed E-state index contributed by atoms with van der Waals surface area (Å²) in [5.41, 5.74) is 0. The predicted octanol–water partition coefficient (Wildman–Crippen LogP) is 1.48. The molecular formula is C14H26N2O3. The minimum absolute atomic E-state index is 0.0866. The van der Waals surface area contributed by atoms with Crippen LogP contribution in [0.3, 0.4) is 0 Å². The number of carboxylic acids is 1. The van der Waals surface area contributed by atoms with Gasteiger partial charge in [0.15, 0.2) is 0 Å². The van der Waals surface area contributed by atoms with Gasteiger partial charge in [0.1, 0.15) is 0 Å². The zero-order valence-electron chi connectivity index (χ0n) is 12.2. The van der Waals surface area contributed by atoms with Gasteiger partial charge in [-0.25, -0.2) is 0 Å². The van der Waals surface area contributed by atoms with E-state index in [-0.39, 0.29) is 24.3 Å². The molecule has 2 atom stereocenters. The van der Waals surface area contributed by atoms with Crippen LogP contribution in [0.25, 0.3) is 0 Å². The summed E-state index contributed by atoms with van der Waals surface area (Å²) in [4.78, 5) is 24.9. The number of nitrogens with one attached hydrogen (secondary N) is 1. The van der Waals surface area contributed by atoms with Gasteiger partial charge in [-0.2, -0.15) is 0 Å². The molecule has 0 saturated carbocycles. The van der Waals surface area contributed by atoms with E-state index in [9.17, 15) is 9.59 Å². The largest absolute Gasteiger partial charge is 0.481 e. The van der Waals surface area contributed by atoms with Crippen LogP contribution in [0.5, 0.6) is 0 Å². The molecule has 0 aliphatic carbocycles. The Morgan fingerprint density at radius 3 is 2.63 bits per heavy atom.